The predicted molar refractivity (Wildman–Crippen MR) is 59.9 cm³/mol. The van der Waals surface area contributed by atoms with Crippen molar-refractivity contribution in [3.8, 4) is 6.07 Å². The second-order valence-electron chi connectivity index (χ2n) is 3.20. The molecule has 0 aromatic carbocycles. The molecular formula is C9H17N3O3S. The van der Waals surface area contributed by atoms with E-state index in [4.69, 9.17) is 5.26 Å². The number of carbonyl (C=O) groups excluding carboxylic acids is 1. The topological polar surface area (TPSA) is 90.3 Å². The Morgan fingerprint density at radius 1 is 1.50 bits per heavy atom. The van der Waals surface area contributed by atoms with Gasteiger partial charge in [0.15, 0.2) is 5.25 Å². The molecule has 0 spiro atoms. The highest BCUT2D eigenvalue weighted by atomic mass is 32.2. The standard InChI is InChI=1S/C9H17N3O3S/c1-4-11-9(13)7-12(5-2)16(14,15)8(3)6-10/h8H,4-5,7H2,1-3H3,(H,11,13). The first-order valence-electron chi connectivity index (χ1n) is 5.05. The van der Waals surface area contributed by atoms with Gasteiger partial charge in [-0.15, -0.1) is 0 Å². The lowest BCUT2D eigenvalue weighted by Gasteiger charge is -2.20. The van der Waals surface area contributed by atoms with E-state index >= 15 is 0 Å². The summed E-state index contributed by atoms with van der Waals surface area (Å²) in [5.41, 5.74) is 0. The van der Waals surface area contributed by atoms with Crippen LogP contribution in [0.15, 0.2) is 0 Å². The maximum Gasteiger partial charge on any atom is 0.235 e. The van der Waals surface area contributed by atoms with Crippen molar-refractivity contribution < 1.29 is 13.2 Å². The molecule has 0 heterocycles. The van der Waals surface area contributed by atoms with Crippen molar-refractivity contribution in [2.45, 2.75) is 26.0 Å². The molecule has 7 heteroatoms. The Morgan fingerprint density at radius 2 is 2.06 bits per heavy atom. The first-order valence-corrected chi connectivity index (χ1v) is 6.55. The van der Waals surface area contributed by atoms with Crippen LogP contribution in [0.3, 0.4) is 0 Å². The second-order valence-corrected chi connectivity index (χ2v) is 5.45. The lowest BCUT2D eigenvalue weighted by Crippen LogP contribution is -2.43. The number of hydrogen-bond donors (Lipinski definition) is 1. The average molecular weight is 247 g/mol. The van der Waals surface area contributed by atoms with Gasteiger partial charge in [0.05, 0.1) is 12.6 Å². The van der Waals surface area contributed by atoms with E-state index in [1.807, 2.05) is 0 Å². The first-order chi connectivity index (χ1) is 7.39. The Balaban J connectivity index is 4.76. The highest BCUT2D eigenvalue weighted by Gasteiger charge is 2.28. The number of amides is 1. The number of rotatable bonds is 6. The first kappa shape index (κ1) is 14.9. The third-order valence-corrected chi connectivity index (χ3v) is 4.14. The number of nitrogens with one attached hydrogen (secondary N) is 1. The van der Waals surface area contributed by atoms with E-state index in [0.29, 0.717) is 6.54 Å². The van der Waals surface area contributed by atoms with Crippen molar-refractivity contribution in [1.29, 1.82) is 5.26 Å². The molecule has 1 amide bonds. The van der Waals surface area contributed by atoms with Crippen molar-refractivity contribution in [3.05, 3.63) is 0 Å². The van der Waals surface area contributed by atoms with Crippen LogP contribution in [0.1, 0.15) is 20.8 Å². The SMILES string of the molecule is CCNC(=O)CN(CC)S(=O)(=O)C(C)C#N. The van der Waals surface area contributed by atoms with E-state index in [1.54, 1.807) is 19.9 Å². The summed E-state index contributed by atoms with van der Waals surface area (Å²) < 4.78 is 24.5. The summed E-state index contributed by atoms with van der Waals surface area (Å²) in [6.07, 6.45) is 0. The van der Waals surface area contributed by atoms with Crippen LogP contribution in [-0.4, -0.2) is 43.5 Å². The van der Waals surface area contributed by atoms with Gasteiger partial charge in [0.1, 0.15) is 0 Å². The zero-order valence-electron chi connectivity index (χ0n) is 9.73. The molecule has 0 rings (SSSR count). The summed E-state index contributed by atoms with van der Waals surface area (Å²) in [6, 6.07) is 1.66. The number of carbonyl (C=O) groups is 1. The minimum Gasteiger partial charge on any atom is -0.355 e. The molecule has 1 N–H and O–H groups in total. The van der Waals surface area contributed by atoms with Gasteiger partial charge in [0.2, 0.25) is 15.9 Å². The van der Waals surface area contributed by atoms with E-state index in [2.05, 4.69) is 5.32 Å². The van der Waals surface area contributed by atoms with Crippen molar-refractivity contribution in [2.75, 3.05) is 19.6 Å². The quantitative estimate of drug-likeness (QED) is 0.697. The van der Waals surface area contributed by atoms with Gasteiger partial charge in [-0.2, -0.15) is 9.57 Å². The zero-order chi connectivity index (χ0) is 12.8. The Bertz CT molecular complexity index is 372. The van der Waals surface area contributed by atoms with Crippen LogP contribution < -0.4 is 5.32 Å². The molecule has 0 aliphatic rings. The van der Waals surface area contributed by atoms with Crippen molar-refractivity contribution in [2.24, 2.45) is 0 Å². The largest absolute Gasteiger partial charge is 0.355 e. The monoisotopic (exact) mass is 247 g/mol. The zero-order valence-corrected chi connectivity index (χ0v) is 10.5. The normalized spacial score (nSPS) is 13.2. The molecular weight excluding hydrogens is 230 g/mol. The smallest absolute Gasteiger partial charge is 0.235 e. The third kappa shape index (κ3) is 3.79. The van der Waals surface area contributed by atoms with Crippen LogP contribution >= 0.6 is 0 Å². The predicted octanol–water partition coefficient (Wildman–Crippen LogP) is -0.314. The van der Waals surface area contributed by atoms with Gasteiger partial charge >= 0.3 is 0 Å². The van der Waals surface area contributed by atoms with Gasteiger partial charge in [-0.1, -0.05) is 6.92 Å². The maximum atomic E-state index is 11.8. The highest BCUT2D eigenvalue weighted by Crippen LogP contribution is 2.07. The van der Waals surface area contributed by atoms with Crippen LogP contribution in [0, 0.1) is 11.3 Å². The molecule has 0 saturated carbocycles. The number of sulfonamides is 1. The van der Waals surface area contributed by atoms with Gasteiger partial charge in [0, 0.05) is 13.1 Å². The van der Waals surface area contributed by atoms with Gasteiger partial charge < -0.3 is 5.32 Å². The molecule has 0 aromatic heterocycles. The van der Waals surface area contributed by atoms with E-state index < -0.39 is 15.3 Å². The Kier molecular flexibility index (Phi) is 6.00. The van der Waals surface area contributed by atoms with Crippen LogP contribution in [0.25, 0.3) is 0 Å². The molecule has 0 fully saturated rings. The Morgan fingerprint density at radius 3 is 2.44 bits per heavy atom. The molecule has 0 radical (unpaired) electrons. The van der Waals surface area contributed by atoms with Crippen molar-refractivity contribution >= 4 is 15.9 Å². The van der Waals surface area contributed by atoms with E-state index in [9.17, 15) is 13.2 Å². The summed E-state index contributed by atoms with van der Waals surface area (Å²) in [5, 5.41) is 9.97. The third-order valence-electron chi connectivity index (χ3n) is 2.04. The molecule has 0 saturated heterocycles. The molecule has 92 valence electrons. The van der Waals surface area contributed by atoms with Gasteiger partial charge in [-0.25, -0.2) is 8.42 Å². The number of nitrogens with zero attached hydrogens (tertiary/aromatic N) is 2. The fourth-order valence-corrected chi connectivity index (χ4v) is 2.32. The van der Waals surface area contributed by atoms with Crippen molar-refractivity contribution in [1.82, 2.24) is 9.62 Å². The summed E-state index contributed by atoms with van der Waals surface area (Å²) in [4.78, 5) is 11.3. The second kappa shape index (κ2) is 6.45. The molecule has 16 heavy (non-hydrogen) atoms. The number of hydrogen-bond acceptors (Lipinski definition) is 4. The minimum atomic E-state index is -3.70. The fourth-order valence-electron chi connectivity index (χ4n) is 1.09. The van der Waals surface area contributed by atoms with Gasteiger partial charge in [0.25, 0.3) is 0 Å². The molecule has 6 nitrogen and oxygen atoms in total. The van der Waals surface area contributed by atoms with E-state index in [1.165, 1.54) is 6.92 Å². The van der Waals surface area contributed by atoms with Gasteiger partial charge in [-0.3, -0.25) is 4.79 Å². The summed E-state index contributed by atoms with van der Waals surface area (Å²) in [5.74, 6) is -0.363. The van der Waals surface area contributed by atoms with E-state index in [-0.39, 0.29) is 19.0 Å². The van der Waals surface area contributed by atoms with Crippen LogP contribution in [0.4, 0.5) is 0 Å². The molecule has 0 bridgehead atoms. The molecule has 1 unspecified atom stereocenters. The fraction of sp³-hybridized carbons (Fsp3) is 0.778. The number of likely N-dealkylation sites (N-methyl/N-ethyl adjacent to an activating group) is 2. The van der Waals surface area contributed by atoms with Gasteiger partial charge in [-0.05, 0) is 13.8 Å². The summed E-state index contributed by atoms with van der Waals surface area (Å²) in [6.45, 7) is 5.06. The lowest BCUT2D eigenvalue weighted by molar-refractivity contribution is -0.121. The summed E-state index contributed by atoms with van der Waals surface area (Å²) >= 11 is 0. The molecule has 0 aromatic rings. The van der Waals surface area contributed by atoms with Crippen LogP contribution in [0.2, 0.25) is 0 Å². The highest BCUT2D eigenvalue weighted by molar-refractivity contribution is 7.90. The average Bonchev–Trinajstić information content (AvgIpc) is 2.24. The number of nitriles is 1. The molecule has 0 aliphatic carbocycles. The molecule has 1 atom stereocenters. The maximum absolute atomic E-state index is 11.8. The Hall–Kier alpha value is -1.13. The van der Waals surface area contributed by atoms with Crippen molar-refractivity contribution in [3.63, 3.8) is 0 Å². The van der Waals surface area contributed by atoms with Crippen LogP contribution in [0.5, 0.6) is 0 Å². The van der Waals surface area contributed by atoms with Crippen LogP contribution in [-0.2, 0) is 14.8 Å². The van der Waals surface area contributed by atoms with E-state index in [0.717, 1.165) is 4.31 Å². The minimum absolute atomic E-state index is 0.172. The molecule has 0 aliphatic heterocycles. The lowest BCUT2D eigenvalue weighted by atomic mass is 10.5. The summed E-state index contributed by atoms with van der Waals surface area (Å²) in [7, 11) is -3.70. The Labute approximate surface area is 96.3 Å².